The molecule has 1 saturated carbocycles. The third-order valence-corrected chi connectivity index (χ3v) is 4.45. The van der Waals surface area contributed by atoms with Crippen molar-refractivity contribution in [2.24, 2.45) is 5.92 Å². The minimum absolute atomic E-state index is 0.210. The van der Waals surface area contributed by atoms with Crippen LogP contribution in [0.5, 0.6) is 0 Å². The topological polar surface area (TPSA) is 40.5 Å². The number of carboxylic acid groups (broad SMARTS) is 1. The van der Waals surface area contributed by atoms with E-state index in [1.54, 1.807) is 0 Å². The average Bonchev–Trinajstić information content (AvgIpc) is 2.49. The molecule has 110 valence electrons. The second kappa shape index (κ2) is 7.32. The van der Waals surface area contributed by atoms with Crippen molar-refractivity contribution in [3.8, 4) is 0 Å². The third-order valence-electron chi connectivity index (χ3n) is 4.45. The third kappa shape index (κ3) is 3.75. The van der Waals surface area contributed by atoms with Gasteiger partial charge in [-0.05, 0) is 30.9 Å². The van der Waals surface area contributed by atoms with Gasteiger partial charge in [0.1, 0.15) is 0 Å². The molecule has 3 nitrogen and oxygen atoms in total. The summed E-state index contributed by atoms with van der Waals surface area (Å²) in [7, 11) is 0. The maximum Gasteiger partial charge on any atom is 0.305 e. The summed E-state index contributed by atoms with van der Waals surface area (Å²) in [5.41, 5.74) is 1.17. The lowest BCUT2D eigenvalue weighted by molar-refractivity contribution is -0.136. The Labute approximate surface area is 121 Å². The fourth-order valence-corrected chi connectivity index (χ4v) is 3.40. The lowest BCUT2D eigenvalue weighted by atomic mass is 9.81. The van der Waals surface area contributed by atoms with Crippen LogP contribution in [-0.2, 0) is 4.79 Å². The van der Waals surface area contributed by atoms with E-state index in [4.69, 9.17) is 5.11 Å². The van der Waals surface area contributed by atoms with Gasteiger partial charge in [-0.25, -0.2) is 0 Å². The molecule has 1 N–H and O–H groups in total. The smallest absolute Gasteiger partial charge is 0.305 e. The highest BCUT2D eigenvalue weighted by molar-refractivity contribution is 5.67. The first-order chi connectivity index (χ1) is 9.72. The van der Waals surface area contributed by atoms with Crippen LogP contribution >= 0.6 is 0 Å². The minimum atomic E-state index is -0.713. The van der Waals surface area contributed by atoms with Crippen molar-refractivity contribution < 1.29 is 9.90 Å². The summed E-state index contributed by atoms with van der Waals surface area (Å²) in [6, 6.07) is 10.8. The van der Waals surface area contributed by atoms with Crippen molar-refractivity contribution in [3.05, 3.63) is 30.3 Å². The molecule has 0 aliphatic heterocycles. The van der Waals surface area contributed by atoms with E-state index in [1.165, 1.54) is 37.8 Å². The van der Waals surface area contributed by atoms with E-state index in [1.807, 2.05) is 18.2 Å². The number of hydrogen-bond donors (Lipinski definition) is 1. The van der Waals surface area contributed by atoms with Gasteiger partial charge in [0.25, 0.3) is 0 Å². The molecule has 0 saturated heterocycles. The zero-order valence-electron chi connectivity index (χ0n) is 12.3. The highest BCUT2D eigenvalue weighted by Gasteiger charge is 2.29. The molecule has 0 bridgehead atoms. The van der Waals surface area contributed by atoms with Gasteiger partial charge in [0.2, 0.25) is 0 Å². The zero-order valence-corrected chi connectivity index (χ0v) is 12.3. The summed E-state index contributed by atoms with van der Waals surface area (Å²) >= 11 is 0. The highest BCUT2D eigenvalue weighted by Crippen LogP contribution is 2.33. The second-order valence-corrected chi connectivity index (χ2v) is 5.69. The maximum atomic E-state index is 10.9. The lowest BCUT2D eigenvalue weighted by Crippen LogP contribution is -2.43. The molecule has 20 heavy (non-hydrogen) atoms. The molecule has 0 spiro atoms. The van der Waals surface area contributed by atoms with Crippen molar-refractivity contribution >= 4 is 11.7 Å². The standard InChI is InChI=1S/C17H25NO2/c1-2-14-8-6-7-11-16(14)18(13-12-17(19)20)15-9-4-3-5-10-15/h3-5,9-10,14,16H,2,6-8,11-13H2,1H3,(H,19,20). The number of nitrogens with zero attached hydrogens (tertiary/aromatic N) is 1. The van der Waals surface area contributed by atoms with Crippen LogP contribution in [0.1, 0.15) is 45.4 Å². The number of para-hydroxylation sites is 1. The van der Waals surface area contributed by atoms with E-state index >= 15 is 0 Å². The van der Waals surface area contributed by atoms with E-state index in [2.05, 4.69) is 24.0 Å². The molecule has 2 rings (SSSR count). The molecule has 0 amide bonds. The van der Waals surface area contributed by atoms with Crippen LogP contribution < -0.4 is 4.90 Å². The van der Waals surface area contributed by atoms with Crippen LogP contribution in [0, 0.1) is 5.92 Å². The Morgan fingerprint density at radius 3 is 2.60 bits per heavy atom. The molecular weight excluding hydrogens is 250 g/mol. The molecule has 0 aromatic heterocycles. The second-order valence-electron chi connectivity index (χ2n) is 5.69. The van der Waals surface area contributed by atoms with Crippen LogP contribution in [0.25, 0.3) is 0 Å². The summed E-state index contributed by atoms with van der Waals surface area (Å²) in [6.45, 7) is 2.86. The van der Waals surface area contributed by atoms with Gasteiger partial charge in [-0.1, -0.05) is 44.4 Å². The Hall–Kier alpha value is -1.51. The van der Waals surface area contributed by atoms with Crippen molar-refractivity contribution in [2.75, 3.05) is 11.4 Å². The first-order valence-electron chi connectivity index (χ1n) is 7.76. The molecular formula is C17H25NO2. The van der Waals surface area contributed by atoms with E-state index < -0.39 is 5.97 Å². The SMILES string of the molecule is CCC1CCCCC1N(CCC(=O)O)c1ccccc1. The normalized spacial score (nSPS) is 22.4. The predicted octanol–water partition coefficient (Wildman–Crippen LogP) is 3.94. The van der Waals surface area contributed by atoms with Crippen LogP contribution in [0.15, 0.2) is 30.3 Å². The van der Waals surface area contributed by atoms with E-state index in [9.17, 15) is 4.79 Å². The Bertz CT molecular complexity index is 418. The van der Waals surface area contributed by atoms with Gasteiger partial charge in [-0.3, -0.25) is 4.79 Å². The van der Waals surface area contributed by atoms with Crippen LogP contribution in [0.4, 0.5) is 5.69 Å². The molecule has 3 heteroatoms. The van der Waals surface area contributed by atoms with E-state index in [0.29, 0.717) is 18.5 Å². The fourth-order valence-electron chi connectivity index (χ4n) is 3.40. The van der Waals surface area contributed by atoms with Crippen LogP contribution in [0.2, 0.25) is 0 Å². The molecule has 1 aliphatic carbocycles. The highest BCUT2D eigenvalue weighted by atomic mass is 16.4. The van der Waals surface area contributed by atoms with E-state index in [0.717, 1.165) is 0 Å². The number of carbonyl (C=O) groups is 1. The molecule has 0 heterocycles. The maximum absolute atomic E-state index is 10.9. The number of hydrogen-bond acceptors (Lipinski definition) is 2. The largest absolute Gasteiger partial charge is 0.481 e. The Kier molecular flexibility index (Phi) is 5.45. The van der Waals surface area contributed by atoms with Crippen molar-refractivity contribution in [1.29, 1.82) is 0 Å². The van der Waals surface area contributed by atoms with Crippen molar-refractivity contribution in [2.45, 2.75) is 51.5 Å². The first kappa shape index (κ1) is 14.9. The minimum Gasteiger partial charge on any atom is -0.481 e. The Morgan fingerprint density at radius 1 is 1.25 bits per heavy atom. The molecule has 1 aliphatic rings. The van der Waals surface area contributed by atoms with Gasteiger partial charge in [0, 0.05) is 18.3 Å². The summed E-state index contributed by atoms with van der Waals surface area (Å²) in [5.74, 6) is -0.0208. The number of rotatable bonds is 6. The van der Waals surface area contributed by atoms with Crippen LogP contribution in [0.3, 0.4) is 0 Å². The summed E-state index contributed by atoms with van der Waals surface area (Å²) < 4.78 is 0. The first-order valence-corrected chi connectivity index (χ1v) is 7.76. The van der Waals surface area contributed by atoms with Crippen molar-refractivity contribution in [3.63, 3.8) is 0 Å². The van der Waals surface area contributed by atoms with Gasteiger partial charge in [0.05, 0.1) is 6.42 Å². The predicted molar refractivity (Wildman–Crippen MR) is 82.1 cm³/mol. The lowest BCUT2D eigenvalue weighted by Gasteiger charge is -2.41. The van der Waals surface area contributed by atoms with Gasteiger partial charge >= 0.3 is 5.97 Å². The average molecular weight is 275 g/mol. The summed E-state index contributed by atoms with van der Waals surface area (Å²) in [6.07, 6.45) is 6.43. The number of benzene rings is 1. The Balaban J connectivity index is 2.18. The van der Waals surface area contributed by atoms with Gasteiger partial charge in [-0.2, -0.15) is 0 Å². The zero-order chi connectivity index (χ0) is 14.4. The molecule has 0 radical (unpaired) electrons. The number of anilines is 1. The quantitative estimate of drug-likeness (QED) is 0.855. The van der Waals surface area contributed by atoms with Crippen molar-refractivity contribution in [1.82, 2.24) is 0 Å². The summed E-state index contributed by atoms with van der Waals surface area (Å²) in [4.78, 5) is 13.3. The Morgan fingerprint density at radius 2 is 1.95 bits per heavy atom. The monoisotopic (exact) mass is 275 g/mol. The molecule has 1 aromatic carbocycles. The van der Waals surface area contributed by atoms with Gasteiger partial charge in [-0.15, -0.1) is 0 Å². The molecule has 1 aromatic rings. The fraction of sp³-hybridized carbons (Fsp3) is 0.588. The van der Waals surface area contributed by atoms with Crippen LogP contribution in [-0.4, -0.2) is 23.7 Å². The number of carboxylic acids is 1. The number of aliphatic carboxylic acids is 1. The van der Waals surface area contributed by atoms with Gasteiger partial charge < -0.3 is 10.0 Å². The molecule has 1 fully saturated rings. The summed E-state index contributed by atoms with van der Waals surface area (Å²) in [5, 5.41) is 9.00. The molecule has 2 atom stereocenters. The molecule has 2 unspecified atom stereocenters. The van der Waals surface area contributed by atoms with E-state index in [-0.39, 0.29) is 6.42 Å². The van der Waals surface area contributed by atoms with Gasteiger partial charge in [0.15, 0.2) is 0 Å².